The average molecular weight is 198 g/mol. The summed E-state index contributed by atoms with van der Waals surface area (Å²) < 4.78 is 4.46. The van der Waals surface area contributed by atoms with Gasteiger partial charge in [-0.1, -0.05) is 13.3 Å². The number of hydrogen-bond acceptors (Lipinski definition) is 3. The molecule has 0 bridgehead atoms. The number of methoxy groups -OCH3 is 1. The minimum Gasteiger partial charge on any atom is -0.467 e. The summed E-state index contributed by atoms with van der Waals surface area (Å²) in [6.07, 6.45) is 3.16. The molecule has 0 saturated heterocycles. The molecule has 0 saturated carbocycles. The third kappa shape index (κ3) is 4.26. The van der Waals surface area contributed by atoms with Crippen LogP contribution in [0.3, 0.4) is 0 Å². The fourth-order valence-corrected chi connectivity index (χ4v) is 1.09. The molecule has 0 rings (SSSR count). The molecule has 0 spiro atoms. The van der Waals surface area contributed by atoms with Crippen molar-refractivity contribution in [3.05, 3.63) is 17.4 Å². The van der Waals surface area contributed by atoms with Crippen LogP contribution in [-0.2, 0) is 9.53 Å². The molecule has 0 radical (unpaired) electrons. The van der Waals surface area contributed by atoms with Crippen LogP contribution in [0.25, 0.3) is 0 Å². The monoisotopic (exact) mass is 198 g/mol. The van der Waals surface area contributed by atoms with Gasteiger partial charge in [0.15, 0.2) is 6.10 Å². The Labute approximate surface area is 85.1 Å². The van der Waals surface area contributed by atoms with Crippen LogP contribution in [0.5, 0.6) is 0 Å². The zero-order valence-corrected chi connectivity index (χ0v) is 9.04. The quantitative estimate of drug-likeness (QED) is 0.541. The molecule has 0 aliphatic carbocycles. The van der Waals surface area contributed by atoms with Gasteiger partial charge in [0.05, 0.1) is 7.11 Å². The average Bonchev–Trinajstić information content (AvgIpc) is 2.22. The fourth-order valence-electron chi connectivity index (χ4n) is 1.09. The highest BCUT2D eigenvalue weighted by Crippen LogP contribution is 2.11. The van der Waals surface area contributed by atoms with Gasteiger partial charge in [-0.3, -0.25) is 0 Å². The zero-order valence-electron chi connectivity index (χ0n) is 9.04. The van der Waals surface area contributed by atoms with E-state index in [9.17, 15) is 9.90 Å². The number of hydrogen-bond donors (Lipinski definition) is 1. The van der Waals surface area contributed by atoms with E-state index in [1.54, 1.807) is 13.0 Å². The second-order valence-electron chi connectivity index (χ2n) is 2.99. The molecule has 0 heterocycles. The predicted molar refractivity (Wildman–Crippen MR) is 54.8 cm³/mol. The second-order valence-corrected chi connectivity index (χ2v) is 2.99. The molecule has 0 aromatic carbocycles. The van der Waals surface area contributed by atoms with Gasteiger partial charge >= 0.3 is 5.97 Å². The molecule has 14 heavy (non-hydrogen) atoms. The number of esters is 1. The molecule has 3 nitrogen and oxygen atoms in total. The van der Waals surface area contributed by atoms with Crippen LogP contribution in [0, 0.1) is 0 Å². The predicted octanol–water partition coefficient (Wildman–Crippen LogP) is 1.81. The van der Waals surface area contributed by atoms with E-state index >= 15 is 0 Å². The lowest BCUT2D eigenvalue weighted by molar-refractivity contribution is -0.148. The molecule has 1 atom stereocenters. The van der Waals surface area contributed by atoms with Crippen LogP contribution < -0.4 is 0 Å². The molecule has 0 aliphatic rings. The van der Waals surface area contributed by atoms with Crippen LogP contribution in [-0.4, -0.2) is 24.3 Å². The molecule has 80 valence electrons. The number of carbonyl (C=O) groups is 1. The van der Waals surface area contributed by atoms with Gasteiger partial charge in [-0.25, -0.2) is 4.79 Å². The van der Waals surface area contributed by atoms with E-state index in [1.807, 2.05) is 0 Å². The van der Waals surface area contributed by atoms with Crippen molar-refractivity contribution in [2.24, 2.45) is 0 Å². The summed E-state index contributed by atoms with van der Waals surface area (Å²) in [5.41, 5.74) is 3.47. The Hall–Kier alpha value is -1.05. The molecular formula is C11H18O3. The first kappa shape index (κ1) is 12.9. The number of carbonyl (C=O) groups excluding carboxylic acids is 1. The highest BCUT2D eigenvalue weighted by molar-refractivity contribution is 5.77. The maximum atomic E-state index is 11.0. The van der Waals surface area contributed by atoms with Gasteiger partial charge in [0.25, 0.3) is 0 Å². The Kier molecular flexibility index (Phi) is 6.81. The van der Waals surface area contributed by atoms with Gasteiger partial charge in [0, 0.05) is 5.57 Å². The first-order valence-corrected chi connectivity index (χ1v) is 4.83. The minimum atomic E-state index is -1.16. The summed E-state index contributed by atoms with van der Waals surface area (Å²) >= 11 is 0. The molecule has 0 aromatic rings. The van der Waals surface area contributed by atoms with Gasteiger partial charge < -0.3 is 9.84 Å². The van der Waals surface area contributed by atoms with E-state index in [-0.39, 0.29) is 0 Å². The number of rotatable bonds is 5. The van der Waals surface area contributed by atoms with Crippen molar-refractivity contribution in [3.8, 4) is 0 Å². The maximum absolute atomic E-state index is 11.0. The molecule has 0 aliphatic heterocycles. The van der Waals surface area contributed by atoms with Crippen molar-refractivity contribution in [2.75, 3.05) is 7.11 Å². The molecule has 1 N–H and O–H groups in total. The van der Waals surface area contributed by atoms with Crippen molar-refractivity contribution in [1.82, 2.24) is 0 Å². The van der Waals surface area contributed by atoms with Gasteiger partial charge in [0.2, 0.25) is 0 Å². The van der Waals surface area contributed by atoms with Crippen LogP contribution in [0.15, 0.2) is 17.4 Å². The summed E-state index contributed by atoms with van der Waals surface area (Å²) in [6, 6.07) is 0. The number of ether oxygens (including phenoxy) is 1. The Morgan fingerprint density at radius 2 is 2.29 bits per heavy atom. The standard InChI is InChI=1S/C11H18O3/c1-4-6-8-9(7-5-2)10(12)11(13)14-3/h5,10,12H,4,6,8H2,1-3H3/t7?,10-/m1/s1. The van der Waals surface area contributed by atoms with Crippen LogP contribution in [0.1, 0.15) is 33.1 Å². The van der Waals surface area contributed by atoms with E-state index in [2.05, 4.69) is 17.4 Å². The molecule has 0 aromatic heterocycles. The molecular weight excluding hydrogens is 180 g/mol. The van der Waals surface area contributed by atoms with Crippen molar-refractivity contribution in [2.45, 2.75) is 39.2 Å². The second kappa shape index (κ2) is 7.36. The molecule has 3 heteroatoms. The topological polar surface area (TPSA) is 46.5 Å². The Morgan fingerprint density at radius 3 is 2.71 bits per heavy atom. The number of aliphatic hydroxyl groups is 1. The normalized spacial score (nSPS) is 11.4. The molecule has 0 amide bonds. The Bertz CT molecular complexity index is 237. The lowest BCUT2D eigenvalue weighted by Crippen LogP contribution is -2.23. The van der Waals surface area contributed by atoms with Crippen molar-refractivity contribution in [1.29, 1.82) is 0 Å². The molecule has 0 fully saturated rings. The lowest BCUT2D eigenvalue weighted by Gasteiger charge is -2.10. The SMILES string of the molecule is CC=C=C(CCCC)[C@@H](O)C(=O)OC. The van der Waals surface area contributed by atoms with Gasteiger partial charge in [-0.2, -0.15) is 0 Å². The smallest absolute Gasteiger partial charge is 0.339 e. The van der Waals surface area contributed by atoms with Crippen LogP contribution >= 0.6 is 0 Å². The summed E-state index contributed by atoms with van der Waals surface area (Å²) in [4.78, 5) is 11.0. The minimum absolute atomic E-state index is 0.598. The first-order chi connectivity index (χ1) is 6.67. The molecule has 0 unspecified atom stereocenters. The van der Waals surface area contributed by atoms with E-state index < -0.39 is 12.1 Å². The van der Waals surface area contributed by atoms with Gasteiger partial charge in [-0.15, -0.1) is 5.73 Å². The Morgan fingerprint density at radius 1 is 1.64 bits per heavy atom. The highest BCUT2D eigenvalue weighted by atomic mass is 16.5. The third-order valence-electron chi connectivity index (χ3n) is 1.88. The lowest BCUT2D eigenvalue weighted by atomic mass is 10.0. The first-order valence-electron chi connectivity index (χ1n) is 4.83. The van der Waals surface area contributed by atoms with E-state index in [0.717, 1.165) is 12.8 Å². The summed E-state index contributed by atoms with van der Waals surface area (Å²) in [6.45, 7) is 3.85. The number of unbranched alkanes of at least 4 members (excludes halogenated alkanes) is 1. The van der Waals surface area contributed by atoms with Crippen molar-refractivity contribution in [3.63, 3.8) is 0 Å². The summed E-state index contributed by atoms with van der Waals surface area (Å²) in [7, 11) is 1.26. The number of aliphatic hydroxyl groups excluding tert-OH is 1. The van der Waals surface area contributed by atoms with Crippen molar-refractivity contribution >= 4 is 5.97 Å². The van der Waals surface area contributed by atoms with Crippen LogP contribution in [0.4, 0.5) is 0 Å². The van der Waals surface area contributed by atoms with Crippen molar-refractivity contribution < 1.29 is 14.6 Å². The Balaban J connectivity index is 4.50. The van der Waals surface area contributed by atoms with Gasteiger partial charge in [0.1, 0.15) is 0 Å². The largest absolute Gasteiger partial charge is 0.467 e. The highest BCUT2D eigenvalue weighted by Gasteiger charge is 2.19. The zero-order chi connectivity index (χ0) is 11.0. The maximum Gasteiger partial charge on any atom is 0.339 e. The fraction of sp³-hybridized carbons (Fsp3) is 0.636. The van der Waals surface area contributed by atoms with E-state index in [4.69, 9.17) is 0 Å². The third-order valence-corrected chi connectivity index (χ3v) is 1.88. The van der Waals surface area contributed by atoms with E-state index in [1.165, 1.54) is 7.11 Å². The van der Waals surface area contributed by atoms with Crippen LogP contribution in [0.2, 0.25) is 0 Å². The summed E-state index contributed by atoms with van der Waals surface area (Å²) in [5, 5.41) is 9.54. The van der Waals surface area contributed by atoms with Gasteiger partial charge in [-0.05, 0) is 25.8 Å². The van der Waals surface area contributed by atoms with E-state index in [0.29, 0.717) is 12.0 Å². The summed E-state index contributed by atoms with van der Waals surface area (Å²) in [5.74, 6) is -0.620.